The Morgan fingerprint density at radius 1 is 1.17 bits per heavy atom. The Balaban J connectivity index is 1.67. The molecule has 0 saturated heterocycles. The highest BCUT2D eigenvalue weighted by atomic mass is 32.1. The summed E-state index contributed by atoms with van der Waals surface area (Å²) in [5, 5.41) is 9.64. The highest BCUT2D eigenvalue weighted by molar-refractivity contribution is 7.17. The number of aryl methyl sites for hydroxylation is 3. The quantitative estimate of drug-likeness (QED) is 0.562. The van der Waals surface area contributed by atoms with Crippen LogP contribution >= 0.6 is 11.3 Å². The van der Waals surface area contributed by atoms with Gasteiger partial charge in [-0.1, -0.05) is 29.8 Å². The number of benzene rings is 1. The Morgan fingerprint density at radius 3 is 2.55 bits per heavy atom. The van der Waals surface area contributed by atoms with Crippen LogP contribution in [-0.4, -0.2) is 25.2 Å². The predicted octanol–water partition coefficient (Wildman–Crippen LogP) is 3.42. The lowest BCUT2D eigenvalue weighted by atomic mass is 10.1. The van der Waals surface area contributed by atoms with Crippen molar-refractivity contribution in [1.82, 2.24) is 19.3 Å². The Morgan fingerprint density at radius 2 is 1.90 bits per heavy atom. The third-order valence-electron chi connectivity index (χ3n) is 5.01. The largest absolute Gasteiger partial charge is 0.321 e. The van der Waals surface area contributed by atoms with E-state index in [1.165, 1.54) is 22.2 Å². The lowest BCUT2D eigenvalue weighted by molar-refractivity contribution is -0.116. The first kappa shape index (κ1) is 19.1. The number of hydrogen-bond donors (Lipinski definition) is 1. The van der Waals surface area contributed by atoms with Gasteiger partial charge in [0.05, 0.1) is 28.8 Å². The first-order valence-corrected chi connectivity index (χ1v) is 10.1. The first-order valence-electron chi connectivity index (χ1n) is 9.19. The van der Waals surface area contributed by atoms with Crippen LogP contribution in [0.3, 0.4) is 0 Å². The molecule has 0 unspecified atom stereocenters. The Labute approximate surface area is 171 Å². The minimum Gasteiger partial charge on any atom is -0.321 e. The van der Waals surface area contributed by atoms with Crippen LogP contribution in [0.2, 0.25) is 0 Å². The number of fused-ring (bicyclic) bond motifs is 1. The first-order chi connectivity index (χ1) is 13.8. The van der Waals surface area contributed by atoms with Gasteiger partial charge in [0.25, 0.3) is 5.56 Å². The molecule has 1 aromatic carbocycles. The van der Waals surface area contributed by atoms with E-state index >= 15 is 0 Å². The summed E-state index contributed by atoms with van der Waals surface area (Å²) in [4.78, 5) is 30.7. The Hall–Kier alpha value is -3.26. The van der Waals surface area contributed by atoms with Gasteiger partial charge in [0, 0.05) is 18.0 Å². The van der Waals surface area contributed by atoms with Gasteiger partial charge in [0.15, 0.2) is 0 Å². The molecule has 0 radical (unpaired) electrons. The van der Waals surface area contributed by atoms with Crippen molar-refractivity contribution in [1.29, 1.82) is 0 Å². The zero-order chi connectivity index (χ0) is 20.7. The fraction of sp³-hybridized carbons (Fsp3) is 0.238. The molecule has 3 aromatic heterocycles. The third kappa shape index (κ3) is 3.47. The highest BCUT2D eigenvalue weighted by Gasteiger charge is 2.16. The second-order valence-electron chi connectivity index (χ2n) is 7.09. The van der Waals surface area contributed by atoms with Crippen molar-refractivity contribution in [2.75, 3.05) is 5.32 Å². The van der Waals surface area contributed by atoms with Crippen LogP contribution in [0.25, 0.3) is 21.3 Å². The smallest absolute Gasteiger partial charge is 0.263 e. The molecular weight excluding hydrogens is 386 g/mol. The maximum absolute atomic E-state index is 13.1. The molecule has 0 bridgehead atoms. The summed E-state index contributed by atoms with van der Waals surface area (Å²) in [6.45, 7) is 5.63. The summed E-state index contributed by atoms with van der Waals surface area (Å²) in [6.07, 6.45) is 1.43. The lowest BCUT2D eigenvalue weighted by Crippen LogP contribution is -2.28. The summed E-state index contributed by atoms with van der Waals surface area (Å²) in [7, 11) is 1.82. The predicted molar refractivity (Wildman–Crippen MR) is 115 cm³/mol. The van der Waals surface area contributed by atoms with Gasteiger partial charge in [-0.3, -0.25) is 18.8 Å². The summed E-state index contributed by atoms with van der Waals surface area (Å²) in [5.74, 6) is -0.292. The normalized spacial score (nSPS) is 11.2. The summed E-state index contributed by atoms with van der Waals surface area (Å²) < 4.78 is 3.06. The standard InChI is InChI=1S/C21H21N5O2S/c1-12-5-7-15(8-6-12)16-10-29-20-18(16)21(28)26(11-22-20)9-17(27)23-19-13(2)24-25(4)14(19)3/h5-8,10-11H,9H2,1-4H3,(H,23,27). The van der Waals surface area contributed by atoms with E-state index in [2.05, 4.69) is 15.4 Å². The summed E-state index contributed by atoms with van der Waals surface area (Å²) in [5.41, 5.74) is 5.01. The molecule has 8 heteroatoms. The fourth-order valence-electron chi connectivity index (χ4n) is 3.31. The van der Waals surface area contributed by atoms with Gasteiger partial charge in [0.2, 0.25) is 5.91 Å². The van der Waals surface area contributed by atoms with Gasteiger partial charge in [-0.05, 0) is 26.3 Å². The number of aromatic nitrogens is 4. The molecule has 0 spiro atoms. The molecule has 4 aromatic rings. The van der Waals surface area contributed by atoms with Crippen molar-refractivity contribution in [3.63, 3.8) is 0 Å². The molecule has 0 fully saturated rings. The SMILES string of the molecule is Cc1ccc(-c2csc3ncn(CC(=O)Nc4c(C)nn(C)c4C)c(=O)c23)cc1. The number of nitrogens with zero attached hydrogens (tertiary/aromatic N) is 4. The molecule has 0 saturated carbocycles. The van der Waals surface area contributed by atoms with E-state index in [1.807, 2.05) is 57.5 Å². The second kappa shape index (κ2) is 7.29. The molecule has 29 heavy (non-hydrogen) atoms. The van der Waals surface area contributed by atoms with Crippen molar-refractivity contribution in [3.05, 3.63) is 63.3 Å². The Kier molecular flexibility index (Phi) is 4.79. The minimum absolute atomic E-state index is 0.112. The van der Waals surface area contributed by atoms with Crippen LogP contribution in [0.15, 0.2) is 40.8 Å². The maximum Gasteiger partial charge on any atom is 0.263 e. The molecule has 7 nitrogen and oxygen atoms in total. The zero-order valence-corrected chi connectivity index (χ0v) is 17.5. The molecule has 0 atom stereocenters. The van der Waals surface area contributed by atoms with Crippen LogP contribution in [0.4, 0.5) is 5.69 Å². The minimum atomic E-state index is -0.292. The van der Waals surface area contributed by atoms with E-state index in [1.54, 1.807) is 4.68 Å². The topological polar surface area (TPSA) is 81.8 Å². The van der Waals surface area contributed by atoms with Crippen molar-refractivity contribution in [3.8, 4) is 11.1 Å². The number of carbonyl (C=O) groups is 1. The van der Waals surface area contributed by atoms with Crippen LogP contribution in [-0.2, 0) is 18.4 Å². The number of anilines is 1. The van der Waals surface area contributed by atoms with E-state index in [0.717, 1.165) is 28.1 Å². The van der Waals surface area contributed by atoms with E-state index in [-0.39, 0.29) is 18.0 Å². The lowest BCUT2D eigenvalue weighted by Gasteiger charge is -2.08. The molecule has 0 aliphatic heterocycles. The average molecular weight is 407 g/mol. The van der Waals surface area contributed by atoms with E-state index in [0.29, 0.717) is 15.9 Å². The van der Waals surface area contributed by atoms with Crippen LogP contribution in [0.1, 0.15) is 17.0 Å². The number of amides is 1. The molecule has 0 aliphatic rings. The van der Waals surface area contributed by atoms with E-state index in [9.17, 15) is 9.59 Å². The highest BCUT2D eigenvalue weighted by Crippen LogP contribution is 2.30. The second-order valence-corrected chi connectivity index (χ2v) is 7.95. The van der Waals surface area contributed by atoms with Gasteiger partial charge in [-0.2, -0.15) is 5.10 Å². The van der Waals surface area contributed by atoms with Crippen LogP contribution in [0, 0.1) is 20.8 Å². The molecule has 4 rings (SSSR count). The third-order valence-corrected chi connectivity index (χ3v) is 5.90. The van der Waals surface area contributed by atoms with Crippen LogP contribution < -0.4 is 10.9 Å². The molecule has 0 aliphatic carbocycles. The van der Waals surface area contributed by atoms with Crippen molar-refractivity contribution in [2.24, 2.45) is 7.05 Å². The van der Waals surface area contributed by atoms with Crippen LogP contribution in [0.5, 0.6) is 0 Å². The Bertz CT molecular complexity index is 1280. The van der Waals surface area contributed by atoms with Crippen molar-refractivity contribution < 1.29 is 4.79 Å². The number of rotatable bonds is 4. The molecule has 148 valence electrons. The summed E-state index contributed by atoms with van der Waals surface area (Å²) >= 11 is 1.43. The van der Waals surface area contributed by atoms with Crippen molar-refractivity contribution >= 4 is 33.1 Å². The number of thiophene rings is 1. The van der Waals surface area contributed by atoms with Crippen molar-refractivity contribution in [2.45, 2.75) is 27.3 Å². The average Bonchev–Trinajstić information content (AvgIpc) is 3.22. The van der Waals surface area contributed by atoms with Gasteiger partial charge in [-0.25, -0.2) is 4.98 Å². The monoisotopic (exact) mass is 407 g/mol. The number of nitrogens with one attached hydrogen (secondary N) is 1. The fourth-order valence-corrected chi connectivity index (χ4v) is 4.22. The zero-order valence-electron chi connectivity index (χ0n) is 16.7. The van der Waals surface area contributed by atoms with Gasteiger partial charge in [0.1, 0.15) is 11.4 Å². The molecule has 1 amide bonds. The number of hydrogen-bond acceptors (Lipinski definition) is 5. The van der Waals surface area contributed by atoms with Gasteiger partial charge >= 0.3 is 0 Å². The van der Waals surface area contributed by atoms with Gasteiger partial charge < -0.3 is 5.32 Å². The molecule has 1 N–H and O–H groups in total. The maximum atomic E-state index is 13.1. The summed E-state index contributed by atoms with van der Waals surface area (Å²) in [6, 6.07) is 8.02. The van der Waals surface area contributed by atoms with Gasteiger partial charge in [-0.15, -0.1) is 11.3 Å². The van der Waals surface area contributed by atoms with E-state index < -0.39 is 0 Å². The molecular formula is C21H21N5O2S. The number of carbonyl (C=O) groups excluding carboxylic acids is 1. The molecule has 3 heterocycles. The van der Waals surface area contributed by atoms with E-state index in [4.69, 9.17) is 0 Å².